The first kappa shape index (κ1) is 23.9. The van der Waals surface area contributed by atoms with Crippen LogP contribution in [0.2, 0.25) is 5.15 Å². The van der Waals surface area contributed by atoms with Crippen molar-refractivity contribution in [3.05, 3.63) is 34.2 Å². The Labute approximate surface area is 195 Å². The maximum Gasteiger partial charge on any atom is 0.419 e. The highest BCUT2D eigenvalue weighted by Gasteiger charge is 2.38. The topological polar surface area (TPSA) is 57.9 Å². The van der Waals surface area contributed by atoms with Crippen LogP contribution in [0.1, 0.15) is 79.4 Å². The molecule has 4 rings (SSSR count). The van der Waals surface area contributed by atoms with Crippen LogP contribution in [-0.2, 0) is 11.0 Å². The number of hydrogen-bond donors (Lipinski definition) is 0. The third kappa shape index (κ3) is 4.83. The fraction of sp³-hybridized carbons (Fsp3) is 0.609. The maximum atomic E-state index is 13.7. The van der Waals surface area contributed by atoms with Crippen LogP contribution >= 0.6 is 11.6 Å². The molecule has 2 amide bonds. The maximum absolute atomic E-state index is 13.7. The molecule has 2 aromatic heterocycles. The quantitative estimate of drug-likeness (QED) is 0.570. The molecule has 2 aliphatic rings. The average Bonchev–Trinajstić information content (AvgIpc) is 3.59. The predicted octanol–water partition coefficient (Wildman–Crippen LogP) is 5.14. The number of hydrogen-bond acceptors (Lipinski definition) is 3. The zero-order valence-corrected chi connectivity index (χ0v) is 19.5. The number of alkyl halides is 3. The molecule has 0 saturated heterocycles. The van der Waals surface area contributed by atoms with Gasteiger partial charge in [-0.3, -0.25) is 14.0 Å². The van der Waals surface area contributed by atoms with Crippen molar-refractivity contribution in [2.45, 2.75) is 70.0 Å². The summed E-state index contributed by atoms with van der Waals surface area (Å²) in [6.45, 7) is 1.74. The number of carbonyl (C=O) groups is 2. The lowest BCUT2D eigenvalue weighted by Gasteiger charge is -2.32. The highest BCUT2D eigenvalue weighted by Crippen LogP contribution is 2.43. The van der Waals surface area contributed by atoms with E-state index in [1.54, 1.807) is 18.9 Å². The lowest BCUT2D eigenvalue weighted by atomic mass is 9.94. The van der Waals surface area contributed by atoms with E-state index in [4.69, 9.17) is 11.6 Å². The number of nitrogens with zero attached hydrogens (tertiary/aromatic N) is 4. The van der Waals surface area contributed by atoms with E-state index in [1.165, 1.54) is 11.1 Å². The number of likely N-dealkylation sites (N-methyl/N-ethyl adjacent to an activating group) is 2. The molecule has 6 nitrogen and oxygen atoms in total. The van der Waals surface area contributed by atoms with Gasteiger partial charge in [0.15, 0.2) is 11.3 Å². The summed E-state index contributed by atoms with van der Waals surface area (Å²) < 4.78 is 42.4. The normalized spacial score (nSPS) is 17.4. The zero-order chi connectivity index (χ0) is 23.9. The van der Waals surface area contributed by atoms with Crippen molar-refractivity contribution in [3.8, 4) is 0 Å². The molecule has 0 aliphatic heterocycles. The monoisotopic (exact) mass is 484 g/mol. The summed E-state index contributed by atoms with van der Waals surface area (Å²) in [5.41, 5.74) is -1.05. The summed E-state index contributed by atoms with van der Waals surface area (Å²) in [4.78, 5) is 33.0. The molecule has 0 spiro atoms. The van der Waals surface area contributed by atoms with Crippen LogP contribution in [0.5, 0.6) is 0 Å². The number of rotatable bonds is 6. The highest BCUT2D eigenvalue weighted by molar-refractivity contribution is 6.33. The van der Waals surface area contributed by atoms with Crippen LogP contribution in [0.15, 0.2) is 12.3 Å². The summed E-state index contributed by atoms with van der Waals surface area (Å²) in [6.07, 6.45) is 3.71. The Bertz CT molecular complexity index is 1060. The van der Waals surface area contributed by atoms with E-state index in [2.05, 4.69) is 4.98 Å². The van der Waals surface area contributed by atoms with Crippen molar-refractivity contribution in [3.63, 3.8) is 0 Å². The van der Waals surface area contributed by atoms with E-state index in [9.17, 15) is 22.8 Å². The molecule has 0 aromatic carbocycles. The lowest BCUT2D eigenvalue weighted by molar-refractivity contribution is -0.136. The number of fused-ring (bicyclic) bond motifs is 1. The van der Waals surface area contributed by atoms with E-state index in [1.807, 2.05) is 0 Å². The van der Waals surface area contributed by atoms with E-state index in [-0.39, 0.29) is 41.8 Å². The molecule has 2 saturated carbocycles. The Morgan fingerprint density at radius 2 is 1.85 bits per heavy atom. The molecule has 2 aromatic rings. The van der Waals surface area contributed by atoms with Gasteiger partial charge in [0.1, 0.15) is 11.7 Å². The number of carbonyl (C=O) groups excluding carboxylic acids is 2. The first-order valence-corrected chi connectivity index (χ1v) is 11.8. The summed E-state index contributed by atoms with van der Waals surface area (Å²) >= 11 is 6.38. The van der Waals surface area contributed by atoms with Crippen LogP contribution in [-0.4, -0.2) is 57.2 Å². The number of halogens is 4. The molecule has 0 bridgehead atoms. The van der Waals surface area contributed by atoms with Gasteiger partial charge in [-0.05, 0) is 50.2 Å². The minimum absolute atomic E-state index is 0.0632. The minimum Gasteiger partial charge on any atom is -0.341 e. The van der Waals surface area contributed by atoms with Crippen molar-refractivity contribution in [1.29, 1.82) is 0 Å². The minimum atomic E-state index is -4.63. The van der Waals surface area contributed by atoms with Gasteiger partial charge in [0, 0.05) is 25.8 Å². The van der Waals surface area contributed by atoms with E-state index >= 15 is 0 Å². The van der Waals surface area contributed by atoms with Gasteiger partial charge in [0.2, 0.25) is 5.91 Å². The van der Waals surface area contributed by atoms with Crippen molar-refractivity contribution in [2.24, 2.45) is 0 Å². The Morgan fingerprint density at radius 1 is 1.18 bits per heavy atom. The first-order valence-electron chi connectivity index (χ1n) is 11.5. The molecular weight excluding hydrogens is 457 g/mol. The second kappa shape index (κ2) is 9.16. The fourth-order valence-electron chi connectivity index (χ4n) is 4.55. The van der Waals surface area contributed by atoms with Crippen molar-refractivity contribution >= 4 is 29.1 Å². The van der Waals surface area contributed by atoms with Gasteiger partial charge in [-0.2, -0.15) is 13.2 Å². The largest absolute Gasteiger partial charge is 0.419 e. The Hall–Kier alpha value is -2.29. The highest BCUT2D eigenvalue weighted by atomic mass is 35.5. The SMILES string of the molecule is CCN(CC(=O)N(C)C1CCCCC1)C(=O)c1nc2c(C(F)(F)F)cc(C3CC3)cn2c1Cl. The van der Waals surface area contributed by atoms with Gasteiger partial charge in [0.25, 0.3) is 5.91 Å². The van der Waals surface area contributed by atoms with Crippen molar-refractivity contribution in [1.82, 2.24) is 19.2 Å². The lowest BCUT2D eigenvalue weighted by Crippen LogP contribution is -2.45. The van der Waals surface area contributed by atoms with Crippen LogP contribution in [0.4, 0.5) is 13.2 Å². The number of imidazole rings is 1. The van der Waals surface area contributed by atoms with E-state index in [0.29, 0.717) is 5.56 Å². The summed E-state index contributed by atoms with van der Waals surface area (Å²) in [6, 6.07) is 1.25. The zero-order valence-electron chi connectivity index (χ0n) is 18.8. The summed E-state index contributed by atoms with van der Waals surface area (Å²) in [7, 11) is 1.74. The molecular formula is C23H28ClF3N4O2. The van der Waals surface area contributed by atoms with Crippen LogP contribution in [0.25, 0.3) is 5.65 Å². The molecule has 0 N–H and O–H groups in total. The molecule has 33 heavy (non-hydrogen) atoms. The molecule has 2 fully saturated rings. The Kier molecular flexibility index (Phi) is 6.62. The van der Waals surface area contributed by atoms with Crippen LogP contribution in [0, 0.1) is 0 Å². The van der Waals surface area contributed by atoms with Gasteiger partial charge < -0.3 is 9.80 Å². The van der Waals surface area contributed by atoms with Gasteiger partial charge in [-0.1, -0.05) is 30.9 Å². The van der Waals surface area contributed by atoms with E-state index < -0.39 is 23.3 Å². The molecule has 0 atom stereocenters. The Balaban J connectivity index is 1.62. The van der Waals surface area contributed by atoms with Gasteiger partial charge >= 0.3 is 6.18 Å². The predicted molar refractivity (Wildman–Crippen MR) is 118 cm³/mol. The van der Waals surface area contributed by atoms with Crippen LogP contribution in [0.3, 0.4) is 0 Å². The number of aromatic nitrogens is 2. The van der Waals surface area contributed by atoms with Gasteiger partial charge in [-0.25, -0.2) is 4.98 Å². The third-order valence-corrected chi connectivity index (χ3v) is 7.11. The fourth-order valence-corrected chi connectivity index (χ4v) is 4.80. The van der Waals surface area contributed by atoms with E-state index in [0.717, 1.165) is 55.4 Å². The van der Waals surface area contributed by atoms with Crippen molar-refractivity contribution < 1.29 is 22.8 Å². The summed E-state index contributed by atoms with van der Waals surface area (Å²) in [5, 5.41) is -0.172. The van der Waals surface area contributed by atoms with Crippen molar-refractivity contribution in [2.75, 3.05) is 20.1 Å². The molecule has 0 unspecified atom stereocenters. The average molecular weight is 485 g/mol. The number of amides is 2. The van der Waals surface area contributed by atoms with Gasteiger partial charge in [-0.15, -0.1) is 0 Å². The molecule has 2 heterocycles. The number of pyridine rings is 1. The smallest absolute Gasteiger partial charge is 0.341 e. The molecule has 180 valence electrons. The second-order valence-electron chi connectivity index (χ2n) is 9.02. The first-order chi connectivity index (χ1) is 15.6. The second-order valence-corrected chi connectivity index (χ2v) is 9.38. The Morgan fingerprint density at radius 3 is 2.42 bits per heavy atom. The standard InChI is InChI=1S/C23H28ClF3N4O2/c1-3-30(13-18(32)29(2)16-7-5-4-6-8-16)22(33)19-20(24)31-12-15(14-9-10-14)11-17(21(31)28-19)23(25,26)27/h11-12,14,16H,3-10,13H2,1-2H3. The molecule has 10 heteroatoms. The van der Waals surface area contributed by atoms with Gasteiger partial charge in [0.05, 0.1) is 5.56 Å². The summed E-state index contributed by atoms with van der Waals surface area (Å²) in [5.74, 6) is -0.796. The molecule has 2 aliphatic carbocycles. The molecule has 0 radical (unpaired) electrons. The van der Waals surface area contributed by atoms with Crippen LogP contribution < -0.4 is 0 Å². The third-order valence-electron chi connectivity index (χ3n) is 6.75.